The summed E-state index contributed by atoms with van der Waals surface area (Å²) in [5.74, 6) is -0.521. The van der Waals surface area contributed by atoms with Crippen molar-refractivity contribution in [1.82, 2.24) is 15.1 Å². The van der Waals surface area contributed by atoms with Gasteiger partial charge in [0.25, 0.3) is 5.91 Å². The highest BCUT2D eigenvalue weighted by Crippen LogP contribution is 2.23. The summed E-state index contributed by atoms with van der Waals surface area (Å²) in [5.41, 5.74) is 6.67. The number of carbonyl (C=O) groups excluding carboxylic acids is 2. The molecule has 7 heteroatoms. The Kier molecular flexibility index (Phi) is 5.56. The van der Waals surface area contributed by atoms with Gasteiger partial charge < -0.3 is 15.8 Å². The Balaban J connectivity index is 1.88. The molecule has 0 spiro atoms. The number of amides is 2. The van der Waals surface area contributed by atoms with Crippen LogP contribution in [0.1, 0.15) is 37.2 Å². The van der Waals surface area contributed by atoms with Crippen LogP contribution < -0.4 is 11.1 Å². The zero-order valence-corrected chi connectivity index (χ0v) is 15.3. The molecule has 26 heavy (non-hydrogen) atoms. The Labute approximate surface area is 152 Å². The van der Waals surface area contributed by atoms with Gasteiger partial charge in [-0.05, 0) is 30.7 Å². The van der Waals surface area contributed by atoms with Crippen molar-refractivity contribution in [2.75, 3.05) is 13.2 Å². The van der Waals surface area contributed by atoms with E-state index in [1.807, 2.05) is 42.8 Å². The number of carbonyl (C=O) groups is 2. The van der Waals surface area contributed by atoms with Gasteiger partial charge in [0, 0.05) is 25.1 Å². The minimum Gasteiger partial charge on any atom is -0.381 e. The highest BCUT2D eigenvalue weighted by molar-refractivity contribution is 6.06. The van der Waals surface area contributed by atoms with Crippen molar-refractivity contribution in [2.45, 2.75) is 39.3 Å². The molecule has 7 nitrogen and oxygen atoms in total. The molecule has 1 aromatic heterocycles. The lowest BCUT2D eigenvalue weighted by molar-refractivity contribution is -0.120. The largest absolute Gasteiger partial charge is 0.381 e. The maximum atomic E-state index is 12.8. The number of fused-ring (bicyclic) bond motifs is 1. The monoisotopic (exact) mass is 358 g/mol. The molecule has 2 amide bonds. The smallest absolute Gasteiger partial charge is 0.273 e. The summed E-state index contributed by atoms with van der Waals surface area (Å²) in [5, 5.41) is 8.08. The van der Waals surface area contributed by atoms with Gasteiger partial charge in [-0.3, -0.25) is 14.3 Å². The van der Waals surface area contributed by atoms with E-state index in [9.17, 15) is 9.59 Å². The number of para-hydroxylation sites is 1. The summed E-state index contributed by atoms with van der Waals surface area (Å²) >= 11 is 0. The molecule has 0 aliphatic carbocycles. The van der Waals surface area contributed by atoms with Crippen molar-refractivity contribution in [3.8, 4) is 0 Å². The number of nitrogens with one attached hydrogen (secondary N) is 1. The van der Waals surface area contributed by atoms with E-state index in [-0.39, 0.29) is 11.8 Å². The Morgan fingerprint density at radius 1 is 1.31 bits per heavy atom. The molecule has 0 radical (unpaired) electrons. The standard InChI is InChI=1S/C19H26N4O3/c1-12(2)16(18(20)24)21-19(25)17-14-5-3-4-6-15(14)23(22-17)11-13-7-9-26-10-8-13/h3-6,12-13,16H,7-11H2,1-2H3,(H2,20,24)(H,21,25)/t16-/m0/s1. The first-order chi connectivity index (χ1) is 12.5. The Morgan fingerprint density at radius 3 is 2.65 bits per heavy atom. The molecule has 1 fully saturated rings. The summed E-state index contributed by atoms with van der Waals surface area (Å²) in [6.45, 7) is 5.98. The number of nitrogens with two attached hydrogens (primary N) is 1. The normalized spacial score (nSPS) is 16.7. The van der Waals surface area contributed by atoms with E-state index in [2.05, 4.69) is 10.4 Å². The van der Waals surface area contributed by atoms with Gasteiger partial charge in [-0.15, -0.1) is 0 Å². The van der Waals surface area contributed by atoms with E-state index in [0.717, 1.165) is 43.5 Å². The van der Waals surface area contributed by atoms with Gasteiger partial charge in [-0.2, -0.15) is 5.10 Å². The summed E-state index contributed by atoms with van der Waals surface area (Å²) in [6.07, 6.45) is 1.99. The van der Waals surface area contributed by atoms with Gasteiger partial charge in [0.1, 0.15) is 6.04 Å². The van der Waals surface area contributed by atoms with Gasteiger partial charge in [0.2, 0.25) is 5.91 Å². The fourth-order valence-corrected chi connectivity index (χ4v) is 3.38. The SMILES string of the molecule is CC(C)[C@H](NC(=O)c1nn(CC2CCOCC2)c2ccccc12)C(N)=O. The molecule has 1 aliphatic rings. The van der Waals surface area contributed by atoms with Crippen molar-refractivity contribution in [3.63, 3.8) is 0 Å². The second-order valence-corrected chi connectivity index (χ2v) is 7.20. The molecule has 0 saturated carbocycles. The zero-order valence-electron chi connectivity index (χ0n) is 15.3. The molecule has 1 atom stereocenters. The van der Waals surface area contributed by atoms with Gasteiger partial charge in [0.05, 0.1) is 5.52 Å². The number of aromatic nitrogens is 2. The molecule has 1 saturated heterocycles. The number of hydrogen-bond donors (Lipinski definition) is 2. The minimum atomic E-state index is -0.720. The molecule has 1 aromatic carbocycles. The molecule has 3 N–H and O–H groups in total. The average molecular weight is 358 g/mol. The van der Waals surface area contributed by atoms with Gasteiger partial charge in [-0.1, -0.05) is 32.0 Å². The molecule has 2 aromatic rings. The minimum absolute atomic E-state index is 0.0907. The van der Waals surface area contributed by atoms with Crippen LogP contribution in [0.5, 0.6) is 0 Å². The third-order valence-electron chi connectivity index (χ3n) is 4.90. The number of benzene rings is 1. The van der Waals surface area contributed by atoms with E-state index >= 15 is 0 Å². The van der Waals surface area contributed by atoms with Gasteiger partial charge in [0.15, 0.2) is 5.69 Å². The Morgan fingerprint density at radius 2 is 2.00 bits per heavy atom. The third kappa shape index (κ3) is 3.88. The Hall–Kier alpha value is -2.41. The predicted molar refractivity (Wildman–Crippen MR) is 98.6 cm³/mol. The molecule has 0 bridgehead atoms. The molecular formula is C19H26N4O3. The van der Waals surface area contributed by atoms with Crippen molar-refractivity contribution >= 4 is 22.7 Å². The first-order valence-corrected chi connectivity index (χ1v) is 9.11. The second-order valence-electron chi connectivity index (χ2n) is 7.20. The average Bonchev–Trinajstić information content (AvgIpc) is 2.99. The van der Waals surface area contributed by atoms with Crippen LogP contribution in [-0.2, 0) is 16.1 Å². The number of ether oxygens (including phenoxy) is 1. The number of rotatable bonds is 6. The van der Waals surface area contributed by atoms with E-state index in [0.29, 0.717) is 11.6 Å². The van der Waals surface area contributed by atoms with Crippen molar-refractivity contribution < 1.29 is 14.3 Å². The first-order valence-electron chi connectivity index (χ1n) is 9.11. The summed E-state index contributed by atoms with van der Waals surface area (Å²) in [4.78, 5) is 24.4. The summed E-state index contributed by atoms with van der Waals surface area (Å²) in [7, 11) is 0. The molecule has 1 aliphatic heterocycles. The maximum absolute atomic E-state index is 12.8. The second kappa shape index (κ2) is 7.86. The number of nitrogens with zero attached hydrogens (tertiary/aromatic N) is 2. The first kappa shape index (κ1) is 18.4. The topological polar surface area (TPSA) is 99.2 Å². The summed E-state index contributed by atoms with van der Waals surface area (Å²) in [6, 6.07) is 6.95. The van der Waals surface area contributed by atoms with Crippen LogP contribution >= 0.6 is 0 Å². The number of hydrogen-bond acceptors (Lipinski definition) is 4. The molecule has 3 rings (SSSR count). The van der Waals surface area contributed by atoms with Crippen LogP contribution in [0.4, 0.5) is 0 Å². The maximum Gasteiger partial charge on any atom is 0.273 e. The van der Waals surface area contributed by atoms with Crippen LogP contribution in [0.2, 0.25) is 0 Å². The highest BCUT2D eigenvalue weighted by atomic mass is 16.5. The van der Waals surface area contributed by atoms with Crippen LogP contribution in [0.3, 0.4) is 0 Å². The highest BCUT2D eigenvalue weighted by Gasteiger charge is 2.26. The van der Waals surface area contributed by atoms with Crippen LogP contribution in [0.15, 0.2) is 24.3 Å². The zero-order chi connectivity index (χ0) is 18.7. The van der Waals surface area contributed by atoms with E-state index in [1.165, 1.54) is 0 Å². The van der Waals surface area contributed by atoms with Crippen LogP contribution in [0.25, 0.3) is 10.9 Å². The lowest BCUT2D eigenvalue weighted by atomic mass is 10.0. The molecule has 2 heterocycles. The molecule has 0 unspecified atom stereocenters. The Bertz CT molecular complexity index is 793. The van der Waals surface area contributed by atoms with Crippen LogP contribution in [-0.4, -0.2) is 40.9 Å². The molecular weight excluding hydrogens is 332 g/mol. The van der Waals surface area contributed by atoms with Gasteiger partial charge in [-0.25, -0.2) is 0 Å². The van der Waals surface area contributed by atoms with E-state index < -0.39 is 11.9 Å². The van der Waals surface area contributed by atoms with Crippen molar-refractivity contribution in [3.05, 3.63) is 30.0 Å². The van der Waals surface area contributed by atoms with Crippen LogP contribution in [0, 0.1) is 11.8 Å². The van der Waals surface area contributed by atoms with E-state index in [4.69, 9.17) is 10.5 Å². The fourth-order valence-electron chi connectivity index (χ4n) is 3.38. The van der Waals surface area contributed by atoms with Crippen molar-refractivity contribution in [2.24, 2.45) is 17.6 Å². The van der Waals surface area contributed by atoms with Gasteiger partial charge >= 0.3 is 0 Å². The lowest BCUT2D eigenvalue weighted by Gasteiger charge is -2.22. The van der Waals surface area contributed by atoms with E-state index in [1.54, 1.807) is 0 Å². The quantitative estimate of drug-likeness (QED) is 0.821. The molecule has 140 valence electrons. The van der Waals surface area contributed by atoms with Crippen molar-refractivity contribution in [1.29, 1.82) is 0 Å². The summed E-state index contributed by atoms with van der Waals surface area (Å²) < 4.78 is 7.32. The predicted octanol–water partition coefficient (Wildman–Crippen LogP) is 1.70. The lowest BCUT2D eigenvalue weighted by Crippen LogP contribution is -2.47. The number of primary amides is 1. The third-order valence-corrected chi connectivity index (χ3v) is 4.90. The fraction of sp³-hybridized carbons (Fsp3) is 0.526.